The van der Waals surface area contributed by atoms with Crippen molar-refractivity contribution in [1.82, 2.24) is 58.7 Å². The molecule has 430 valence electrons. The Hall–Kier alpha value is -7.81. The molecule has 6 aliphatic heterocycles. The molecule has 5 atom stereocenters. The molecule has 0 aliphatic carbocycles. The third-order valence-electron chi connectivity index (χ3n) is 18.4. The van der Waals surface area contributed by atoms with Crippen molar-refractivity contribution in [2.45, 2.75) is 115 Å². The van der Waals surface area contributed by atoms with Crippen LogP contribution in [0.2, 0.25) is 5.02 Å². The van der Waals surface area contributed by atoms with Gasteiger partial charge in [0.1, 0.15) is 30.6 Å². The quantitative estimate of drug-likeness (QED) is 0.114. The van der Waals surface area contributed by atoms with Gasteiger partial charge in [0.25, 0.3) is 0 Å². The lowest BCUT2D eigenvalue weighted by molar-refractivity contribution is 0.172. The Morgan fingerprint density at radius 2 is 1.35 bits per heavy atom. The van der Waals surface area contributed by atoms with E-state index in [1.165, 1.54) is 33.5 Å². The highest BCUT2D eigenvalue weighted by molar-refractivity contribution is 6.36. The molecule has 20 nitrogen and oxygen atoms in total. The lowest BCUT2D eigenvalue weighted by atomic mass is 9.93. The van der Waals surface area contributed by atoms with E-state index < -0.39 is 6.09 Å². The van der Waals surface area contributed by atoms with Crippen LogP contribution in [-0.4, -0.2) is 157 Å². The van der Waals surface area contributed by atoms with E-state index in [4.69, 9.17) is 50.7 Å². The van der Waals surface area contributed by atoms with E-state index in [1.54, 1.807) is 14.1 Å². The van der Waals surface area contributed by atoms with Crippen LogP contribution in [0, 0.1) is 0 Å². The van der Waals surface area contributed by atoms with E-state index in [-0.39, 0.29) is 24.0 Å². The van der Waals surface area contributed by atoms with Gasteiger partial charge in [0.2, 0.25) is 0 Å². The summed E-state index contributed by atoms with van der Waals surface area (Å²) in [7, 11) is 7.72. The summed E-state index contributed by atoms with van der Waals surface area (Å²) in [5.41, 5.74) is 10.8. The highest BCUT2D eigenvalue weighted by atomic mass is 35.5. The third-order valence-corrected chi connectivity index (χ3v) is 18.7. The fourth-order valence-corrected chi connectivity index (χ4v) is 14.0. The Kier molecular flexibility index (Phi) is 13.9. The standard InChI is InChI=1S/C62H71ClN16O4/c1-38-27-76-36-64-25-44(76)30-78(38)58-49-16-20-74(32-52(49)67-60(69-58)81-34-42-11-9-19-72(42)5)54-14-8-12-48-47(15-18-66-57(48)54)41-22-43(73(6)29-41)35-82-61-68-53-33-75(21-17-50(53)59(70-61)79-31-45-26-65-37-77(45)28-39(79)2)55-24-46(83-62(80)71(3)4)23-40-10-7-13-51(63)56(40)55/h7-8,10,12-15,18,23-26,36-39,41-43H,9,11,16-17,19-22,27-35H2,1-6H3/t38-,39-,41?,42+,43+/m1/s1. The number of amides is 1. The summed E-state index contributed by atoms with van der Waals surface area (Å²) in [4.78, 5) is 63.6. The molecular formula is C62H71ClN16O4. The number of para-hydroxylation sites is 1. The number of likely N-dealkylation sites (tertiary alicyclic amines) is 2. The van der Waals surface area contributed by atoms with Gasteiger partial charge in [-0.1, -0.05) is 35.9 Å². The number of carbonyl (C=O) groups is 1. The molecule has 0 N–H and O–H groups in total. The Morgan fingerprint density at radius 1 is 0.711 bits per heavy atom. The largest absolute Gasteiger partial charge is 0.462 e. The normalized spacial score (nSPS) is 21.7. The van der Waals surface area contributed by atoms with Gasteiger partial charge >= 0.3 is 18.1 Å². The SMILES string of the molecule is C[C@@H]1Cn2cncc2CN1c1nc(OC[C@@H]2CCCN2C)nc2c1CCN(c1cccc3c(C4C[C@@H](COc5nc6c(c(N7Cc8cncn8C[C@H]7C)n5)CCN(c5cc(OC(=O)N(C)C)cc7cccc(Cl)c57)C6)N(C)C4)ccnc13)C2. The predicted octanol–water partition coefficient (Wildman–Crippen LogP) is 8.36. The van der Waals surface area contributed by atoms with Crippen molar-refractivity contribution in [3.8, 4) is 17.8 Å². The minimum Gasteiger partial charge on any atom is -0.462 e. The van der Waals surface area contributed by atoms with Crippen molar-refractivity contribution < 1.29 is 19.0 Å². The summed E-state index contributed by atoms with van der Waals surface area (Å²) in [6.07, 6.45) is 14.0. The molecule has 0 saturated carbocycles. The maximum Gasteiger partial charge on any atom is 0.414 e. The van der Waals surface area contributed by atoms with Crippen molar-refractivity contribution in [2.24, 2.45) is 0 Å². The number of benzene rings is 3. The van der Waals surface area contributed by atoms with Crippen LogP contribution in [0.15, 0.2) is 85.8 Å². The first-order chi connectivity index (χ1) is 40.4. The molecule has 3 aromatic carbocycles. The van der Waals surface area contributed by atoms with Gasteiger partial charge in [-0.25, -0.2) is 14.8 Å². The zero-order chi connectivity index (χ0) is 56.6. The van der Waals surface area contributed by atoms with Crippen LogP contribution >= 0.6 is 11.6 Å². The van der Waals surface area contributed by atoms with Crippen LogP contribution in [0.4, 0.5) is 27.8 Å². The topological polar surface area (TPSA) is 168 Å². The zero-order valence-electron chi connectivity index (χ0n) is 48.2. The van der Waals surface area contributed by atoms with E-state index >= 15 is 0 Å². The molecule has 2 fully saturated rings. The van der Waals surface area contributed by atoms with Crippen LogP contribution in [0.5, 0.6) is 17.8 Å². The molecule has 11 heterocycles. The number of halogens is 1. The van der Waals surface area contributed by atoms with E-state index in [2.05, 4.69) is 101 Å². The van der Waals surface area contributed by atoms with Gasteiger partial charge in [-0.2, -0.15) is 19.9 Å². The molecule has 2 saturated heterocycles. The fourth-order valence-electron chi connectivity index (χ4n) is 13.7. The number of carbonyl (C=O) groups excluding carboxylic acids is 1. The van der Waals surface area contributed by atoms with Crippen LogP contribution in [0.25, 0.3) is 21.7 Å². The second-order valence-electron chi connectivity index (χ2n) is 23.9. The predicted molar refractivity (Wildman–Crippen MR) is 320 cm³/mol. The Morgan fingerprint density at radius 3 is 1.99 bits per heavy atom. The second-order valence-corrected chi connectivity index (χ2v) is 24.3. The number of pyridine rings is 1. The molecule has 0 bridgehead atoms. The average molecular weight is 1140 g/mol. The monoisotopic (exact) mass is 1140 g/mol. The molecular weight excluding hydrogens is 1070 g/mol. The van der Waals surface area contributed by atoms with Crippen molar-refractivity contribution >= 4 is 62.4 Å². The Balaban J connectivity index is 0.725. The Bertz CT molecular complexity index is 3780. The van der Waals surface area contributed by atoms with Crippen LogP contribution in [-0.2, 0) is 52.1 Å². The molecule has 1 unspecified atom stereocenters. The summed E-state index contributed by atoms with van der Waals surface area (Å²) in [6, 6.07) is 20.1. The first-order valence-corrected chi connectivity index (χ1v) is 29.7. The van der Waals surface area contributed by atoms with Crippen molar-refractivity contribution in [3.05, 3.63) is 130 Å². The molecule has 0 spiro atoms. The number of ether oxygens (including phenoxy) is 3. The van der Waals surface area contributed by atoms with Gasteiger partial charge in [0.05, 0.1) is 83.5 Å². The highest BCUT2D eigenvalue weighted by Crippen LogP contribution is 2.43. The first kappa shape index (κ1) is 53.2. The van der Waals surface area contributed by atoms with Gasteiger partial charge in [0.15, 0.2) is 0 Å². The molecule has 6 aliphatic rings. The maximum atomic E-state index is 12.8. The minimum absolute atomic E-state index is 0.108. The van der Waals surface area contributed by atoms with Gasteiger partial charge in [-0.05, 0) is 108 Å². The van der Waals surface area contributed by atoms with E-state index in [9.17, 15) is 4.79 Å². The number of imidazole rings is 2. The average Bonchev–Trinajstić information content (AvgIpc) is 4.25. The number of likely N-dealkylation sites (N-methyl/N-ethyl adjacent to an activating group) is 2. The number of anilines is 4. The number of aromatic nitrogens is 9. The number of nitrogens with zero attached hydrogens (tertiary/aromatic N) is 16. The molecule has 5 aromatic heterocycles. The Labute approximate surface area is 488 Å². The molecule has 8 aromatic rings. The van der Waals surface area contributed by atoms with Crippen LogP contribution < -0.4 is 33.8 Å². The van der Waals surface area contributed by atoms with Gasteiger partial charge < -0.3 is 52.7 Å². The number of rotatable bonds is 12. The lowest BCUT2D eigenvalue weighted by Gasteiger charge is -2.39. The smallest absolute Gasteiger partial charge is 0.414 e. The van der Waals surface area contributed by atoms with Gasteiger partial charge in [0, 0.05) is 118 Å². The second kappa shape index (κ2) is 21.7. The lowest BCUT2D eigenvalue weighted by Crippen LogP contribution is -2.43. The summed E-state index contributed by atoms with van der Waals surface area (Å²) >= 11 is 6.98. The zero-order valence-corrected chi connectivity index (χ0v) is 48.9. The van der Waals surface area contributed by atoms with Crippen LogP contribution in [0.1, 0.15) is 78.5 Å². The van der Waals surface area contributed by atoms with Crippen LogP contribution in [0.3, 0.4) is 0 Å². The molecule has 14 rings (SSSR count). The van der Waals surface area contributed by atoms with Crippen molar-refractivity contribution in [1.29, 1.82) is 0 Å². The van der Waals surface area contributed by atoms with Gasteiger partial charge in [-0.15, -0.1) is 0 Å². The molecule has 0 radical (unpaired) electrons. The van der Waals surface area contributed by atoms with Crippen molar-refractivity contribution in [2.75, 3.05) is 87.2 Å². The number of hydrogen-bond acceptors (Lipinski definition) is 17. The molecule has 83 heavy (non-hydrogen) atoms. The third kappa shape index (κ3) is 10.0. The van der Waals surface area contributed by atoms with E-state index in [0.29, 0.717) is 74.6 Å². The summed E-state index contributed by atoms with van der Waals surface area (Å²) in [5, 5.41) is 3.57. The first-order valence-electron chi connectivity index (χ1n) is 29.3. The number of hydrogen-bond donors (Lipinski definition) is 0. The summed E-state index contributed by atoms with van der Waals surface area (Å²) in [5.74, 6) is 2.57. The van der Waals surface area contributed by atoms with E-state index in [1.807, 2.05) is 61.6 Å². The highest BCUT2D eigenvalue weighted by Gasteiger charge is 2.37. The minimum atomic E-state index is -0.452. The fraction of sp³-hybridized carbons (Fsp3) is 0.452. The molecule has 21 heteroatoms. The number of fused-ring (bicyclic) bond motifs is 6. The maximum absolute atomic E-state index is 12.8. The van der Waals surface area contributed by atoms with Gasteiger partial charge in [-0.3, -0.25) is 9.88 Å². The molecule has 1 amide bonds. The van der Waals surface area contributed by atoms with E-state index in [0.717, 1.165) is 120 Å². The van der Waals surface area contributed by atoms with Crippen molar-refractivity contribution in [3.63, 3.8) is 0 Å². The summed E-state index contributed by atoms with van der Waals surface area (Å²) < 4.78 is 23.7. The summed E-state index contributed by atoms with van der Waals surface area (Å²) in [6.45, 7) is 13.1.